The third-order valence-corrected chi connectivity index (χ3v) is 6.29. The molecule has 0 heterocycles. The maximum absolute atomic E-state index is 14.2. The maximum atomic E-state index is 14.2. The Hall–Kier alpha value is -2.68. The zero-order chi connectivity index (χ0) is 21.1. The topological polar surface area (TPSA) is 63.4 Å². The molecule has 2 unspecified atom stereocenters. The summed E-state index contributed by atoms with van der Waals surface area (Å²) in [5, 5.41) is 0. The van der Waals surface area contributed by atoms with Crippen molar-refractivity contribution in [2.45, 2.75) is 23.3 Å². The van der Waals surface area contributed by atoms with Gasteiger partial charge in [-0.25, -0.2) is 8.42 Å². The minimum absolute atomic E-state index is 0.140. The average Bonchev–Trinajstić information content (AvgIpc) is 2.72. The second kappa shape index (κ2) is 8.36. The molecule has 0 fully saturated rings. The van der Waals surface area contributed by atoms with E-state index in [1.807, 2.05) is 0 Å². The molecule has 0 aliphatic heterocycles. The zero-order valence-electron chi connectivity index (χ0n) is 15.2. The Morgan fingerprint density at radius 2 is 1.14 bits per heavy atom. The largest absolute Gasteiger partial charge is 0.474 e. The first kappa shape index (κ1) is 21.0. The highest BCUT2D eigenvalue weighted by atomic mass is 32.2. The first-order valence-corrected chi connectivity index (χ1v) is 10.2. The number of alkyl halides is 3. The molecule has 29 heavy (non-hydrogen) atoms. The molecule has 3 rings (SSSR count). The summed E-state index contributed by atoms with van der Waals surface area (Å²) in [6.45, 7) is 0. The predicted molar refractivity (Wildman–Crippen MR) is 104 cm³/mol. The predicted octanol–water partition coefficient (Wildman–Crippen LogP) is 4.64. The highest BCUT2D eigenvalue weighted by Crippen LogP contribution is 2.42. The summed E-state index contributed by atoms with van der Waals surface area (Å²) in [4.78, 5) is -0.460. The van der Waals surface area contributed by atoms with Crippen molar-refractivity contribution in [1.82, 2.24) is 4.31 Å². The number of rotatable bonds is 6. The van der Waals surface area contributed by atoms with E-state index >= 15 is 0 Å². The van der Waals surface area contributed by atoms with Gasteiger partial charge in [-0.15, -0.1) is 0 Å². The van der Waals surface area contributed by atoms with E-state index in [1.54, 1.807) is 48.5 Å². The van der Waals surface area contributed by atoms with Gasteiger partial charge in [0.15, 0.2) is 0 Å². The molecule has 3 aromatic carbocycles. The van der Waals surface area contributed by atoms with Gasteiger partial charge in [-0.05, 0) is 23.3 Å². The van der Waals surface area contributed by atoms with Crippen LogP contribution in [0.3, 0.4) is 0 Å². The van der Waals surface area contributed by atoms with Gasteiger partial charge in [-0.3, -0.25) is 0 Å². The van der Waals surface area contributed by atoms with E-state index < -0.39 is 37.6 Å². The summed E-state index contributed by atoms with van der Waals surface area (Å²) < 4.78 is 68.3. The molecule has 0 saturated carbocycles. The molecule has 0 aromatic heterocycles. The Morgan fingerprint density at radius 3 is 1.59 bits per heavy atom. The molecule has 0 bridgehead atoms. The van der Waals surface area contributed by atoms with Gasteiger partial charge in [0.2, 0.25) is 0 Å². The lowest BCUT2D eigenvalue weighted by molar-refractivity contribution is -0.224. The van der Waals surface area contributed by atoms with Crippen LogP contribution in [-0.4, -0.2) is 19.0 Å². The molecule has 8 heteroatoms. The van der Waals surface area contributed by atoms with Crippen LogP contribution in [0.1, 0.15) is 23.2 Å². The minimum atomic E-state index is -5.19. The fourth-order valence-corrected chi connectivity index (χ4v) is 4.70. The van der Waals surface area contributed by atoms with Crippen LogP contribution < -0.4 is 5.73 Å². The second-order valence-corrected chi connectivity index (χ2v) is 8.19. The molecule has 0 saturated heterocycles. The number of nitrogens with zero attached hydrogens (tertiary/aromatic N) is 1. The number of halogens is 3. The fraction of sp³-hybridized carbons (Fsp3) is 0.143. The number of sulfonamides is 1. The number of hydrogen-bond acceptors (Lipinski definition) is 3. The molecule has 152 valence electrons. The number of hydrogen-bond donors (Lipinski definition) is 1. The summed E-state index contributed by atoms with van der Waals surface area (Å²) in [5.74, 6) is 0. The second-order valence-electron chi connectivity index (χ2n) is 6.37. The lowest BCUT2D eigenvalue weighted by Gasteiger charge is -2.36. The molecule has 0 amide bonds. The summed E-state index contributed by atoms with van der Waals surface area (Å²) in [6, 6.07) is 19.3. The van der Waals surface area contributed by atoms with Crippen molar-refractivity contribution in [2.75, 3.05) is 0 Å². The average molecular weight is 420 g/mol. The number of benzene rings is 3. The third kappa shape index (κ3) is 4.50. The van der Waals surface area contributed by atoms with Crippen LogP contribution in [0.2, 0.25) is 0 Å². The molecular weight excluding hydrogens is 401 g/mol. The Morgan fingerprint density at radius 1 is 0.724 bits per heavy atom. The lowest BCUT2D eigenvalue weighted by Crippen LogP contribution is -2.48. The van der Waals surface area contributed by atoms with E-state index in [-0.39, 0.29) is 5.56 Å². The van der Waals surface area contributed by atoms with Crippen LogP contribution in [-0.2, 0) is 10.0 Å². The van der Waals surface area contributed by atoms with E-state index in [1.165, 1.54) is 30.3 Å². The Balaban J connectivity index is 2.22. The summed E-state index contributed by atoms with van der Waals surface area (Å²) in [5.41, 5.74) is 6.76. The Bertz CT molecular complexity index is 1030. The van der Waals surface area contributed by atoms with Gasteiger partial charge in [-0.1, -0.05) is 83.2 Å². The van der Waals surface area contributed by atoms with Gasteiger partial charge >= 0.3 is 6.30 Å². The van der Waals surface area contributed by atoms with E-state index in [4.69, 9.17) is 5.73 Å². The molecule has 2 N–H and O–H groups in total. The van der Waals surface area contributed by atoms with E-state index in [0.29, 0.717) is 5.56 Å². The quantitative estimate of drug-likeness (QED) is 0.591. The highest BCUT2D eigenvalue weighted by Gasteiger charge is 2.52. The van der Waals surface area contributed by atoms with Crippen molar-refractivity contribution in [1.29, 1.82) is 0 Å². The normalized spacial score (nSPS) is 14.5. The third-order valence-electron chi connectivity index (χ3n) is 4.47. The van der Waals surface area contributed by atoms with Gasteiger partial charge in [-0.2, -0.15) is 13.2 Å². The van der Waals surface area contributed by atoms with Gasteiger partial charge < -0.3 is 5.73 Å². The van der Waals surface area contributed by atoms with Crippen molar-refractivity contribution < 1.29 is 21.6 Å². The van der Waals surface area contributed by atoms with Crippen molar-refractivity contribution >= 4 is 10.0 Å². The molecule has 0 spiro atoms. The van der Waals surface area contributed by atoms with E-state index in [9.17, 15) is 21.6 Å². The first-order valence-electron chi connectivity index (χ1n) is 8.74. The van der Waals surface area contributed by atoms with Gasteiger partial charge in [0.1, 0.15) is 0 Å². The Kier molecular flexibility index (Phi) is 6.07. The standard InChI is InChI=1S/C21H19F3N2O2S/c22-21(23,24)26(29(27,28)18-14-8-3-9-15-18)20(17-12-6-2-7-13-17)19(25)16-10-4-1-5-11-16/h1-15,19-20H,25H2. The lowest BCUT2D eigenvalue weighted by atomic mass is 9.94. The molecule has 3 aromatic rings. The Labute approximate surface area is 167 Å². The molecule has 2 atom stereocenters. The van der Waals surface area contributed by atoms with Crippen molar-refractivity contribution in [3.8, 4) is 0 Å². The fourth-order valence-electron chi connectivity index (χ4n) is 3.15. The van der Waals surface area contributed by atoms with Gasteiger partial charge in [0, 0.05) is 0 Å². The molecule has 4 nitrogen and oxygen atoms in total. The molecule has 0 aliphatic carbocycles. The highest BCUT2D eigenvalue weighted by molar-refractivity contribution is 7.89. The van der Waals surface area contributed by atoms with Gasteiger partial charge in [0.05, 0.1) is 17.0 Å². The first-order chi connectivity index (χ1) is 13.7. The van der Waals surface area contributed by atoms with E-state index in [2.05, 4.69) is 0 Å². The summed E-state index contributed by atoms with van der Waals surface area (Å²) >= 11 is 0. The smallest absolute Gasteiger partial charge is 0.322 e. The number of nitrogens with two attached hydrogens (primary N) is 1. The van der Waals surface area contributed by atoms with Crippen LogP contribution >= 0.6 is 0 Å². The summed E-state index contributed by atoms with van der Waals surface area (Å²) in [6.07, 6.45) is -5.19. The molecule has 0 aliphatic rings. The van der Waals surface area contributed by atoms with Crippen LogP contribution in [0.4, 0.5) is 13.2 Å². The van der Waals surface area contributed by atoms with Crippen LogP contribution in [0, 0.1) is 0 Å². The van der Waals surface area contributed by atoms with Crippen molar-refractivity contribution in [3.63, 3.8) is 0 Å². The van der Waals surface area contributed by atoms with Crippen molar-refractivity contribution in [2.24, 2.45) is 5.73 Å². The van der Waals surface area contributed by atoms with Crippen LogP contribution in [0.15, 0.2) is 95.9 Å². The van der Waals surface area contributed by atoms with E-state index in [0.717, 1.165) is 12.1 Å². The molecule has 0 radical (unpaired) electrons. The van der Waals surface area contributed by atoms with Crippen LogP contribution in [0.5, 0.6) is 0 Å². The zero-order valence-corrected chi connectivity index (χ0v) is 16.0. The monoisotopic (exact) mass is 420 g/mol. The SMILES string of the molecule is NC(c1ccccc1)C(c1ccccc1)N(C(F)(F)F)S(=O)(=O)c1ccccc1. The minimum Gasteiger partial charge on any atom is -0.322 e. The molecular formula is C21H19F3N2O2S. The summed E-state index contributed by atoms with van der Waals surface area (Å²) in [7, 11) is -4.93. The van der Waals surface area contributed by atoms with Gasteiger partial charge in [0.25, 0.3) is 10.0 Å². The van der Waals surface area contributed by atoms with Crippen LogP contribution in [0.25, 0.3) is 0 Å². The maximum Gasteiger partial charge on any atom is 0.474 e. The van der Waals surface area contributed by atoms with Crippen molar-refractivity contribution in [3.05, 3.63) is 102 Å².